The van der Waals surface area contributed by atoms with E-state index in [1.165, 1.54) is 0 Å². The van der Waals surface area contributed by atoms with E-state index >= 15 is 0 Å². The van der Waals surface area contributed by atoms with Crippen LogP contribution < -0.4 is 24.8 Å². The lowest BCUT2D eigenvalue weighted by Crippen LogP contribution is -2.38. The number of fused-ring (bicyclic) bond motifs is 1. The number of thiazole rings is 1. The molecule has 0 spiro atoms. The van der Waals surface area contributed by atoms with Gasteiger partial charge >= 0.3 is 6.18 Å². The molecular formula is C16H17F3N4O3S. The molecule has 0 atom stereocenters. The predicted molar refractivity (Wildman–Crippen MR) is 93.4 cm³/mol. The lowest BCUT2D eigenvalue weighted by molar-refractivity contribution is -0.140. The minimum atomic E-state index is -4.43. The number of halogens is 3. The van der Waals surface area contributed by atoms with Gasteiger partial charge in [0.05, 0.1) is 13.1 Å². The van der Waals surface area contributed by atoms with Crippen LogP contribution in [0.5, 0.6) is 17.2 Å². The number of aliphatic imine (C=N–C) groups is 1. The van der Waals surface area contributed by atoms with E-state index in [9.17, 15) is 13.2 Å². The van der Waals surface area contributed by atoms with Crippen LogP contribution in [0.4, 0.5) is 13.2 Å². The zero-order chi connectivity index (χ0) is 19.3. The van der Waals surface area contributed by atoms with Crippen LogP contribution in [0, 0.1) is 0 Å². The maximum atomic E-state index is 12.5. The zero-order valence-corrected chi connectivity index (χ0v) is 15.1. The summed E-state index contributed by atoms with van der Waals surface area (Å²) in [7, 11) is 1.57. The Morgan fingerprint density at radius 1 is 1.30 bits per heavy atom. The van der Waals surface area contributed by atoms with Gasteiger partial charge in [0.1, 0.15) is 17.4 Å². The van der Waals surface area contributed by atoms with Gasteiger partial charge in [0, 0.05) is 18.5 Å². The van der Waals surface area contributed by atoms with Gasteiger partial charge in [-0.15, -0.1) is 11.3 Å². The summed E-state index contributed by atoms with van der Waals surface area (Å²) in [5, 5.41) is 7.24. The molecule has 3 rings (SSSR count). The highest BCUT2D eigenvalue weighted by Gasteiger charge is 2.33. The highest BCUT2D eigenvalue weighted by atomic mass is 32.1. The average Bonchev–Trinajstić information content (AvgIpc) is 3.29. The zero-order valence-electron chi connectivity index (χ0n) is 14.3. The summed E-state index contributed by atoms with van der Waals surface area (Å²) in [6.45, 7) is 1.14. The molecule has 0 saturated heterocycles. The first-order valence-corrected chi connectivity index (χ1v) is 8.82. The number of hydrogen-bond acceptors (Lipinski definition) is 6. The van der Waals surface area contributed by atoms with Crippen molar-refractivity contribution in [1.82, 2.24) is 15.6 Å². The summed E-state index contributed by atoms with van der Waals surface area (Å²) < 4.78 is 53.7. The lowest BCUT2D eigenvalue weighted by atomic mass is 10.3. The normalized spacial score (nSPS) is 13.6. The van der Waals surface area contributed by atoms with E-state index in [1.54, 1.807) is 25.2 Å². The number of benzene rings is 1. The molecule has 27 heavy (non-hydrogen) atoms. The molecule has 2 heterocycles. The standard InChI is InChI=1S/C16H17F3N4O3S/c1-20-15(22-7-14-23-13(8-27-14)16(17,18)19)21-4-5-24-10-2-3-11-12(6-10)26-9-25-11/h2-3,6,8H,4-5,7,9H2,1H3,(H2,20,21,22). The molecule has 0 saturated carbocycles. The molecule has 0 aliphatic carbocycles. The van der Waals surface area contributed by atoms with E-state index in [4.69, 9.17) is 14.2 Å². The summed E-state index contributed by atoms with van der Waals surface area (Å²) in [4.78, 5) is 7.56. The second-order valence-electron chi connectivity index (χ2n) is 5.34. The van der Waals surface area contributed by atoms with Crippen molar-refractivity contribution >= 4 is 17.3 Å². The Morgan fingerprint density at radius 2 is 2.11 bits per heavy atom. The van der Waals surface area contributed by atoms with Crippen molar-refractivity contribution in [3.8, 4) is 17.2 Å². The SMILES string of the molecule is CN=C(NCCOc1ccc2c(c1)OCO2)NCc1nc(C(F)(F)F)cs1. The third-order valence-corrected chi connectivity index (χ3v) is 4.33. The Bertz CT molecular complexity index is 810. The fraction of sp³-hybridized carbons (Fsp3) is 0.375. The second kappa shape index (κ2) is 8.33. The number of nitrogens with one attached hydrogen (secondary N) is 2. The average molecular weight is 402 g/mol. The molecule has 11 heteroatoms. The van der Waals surface area contributed by atoms with Gasteiger partial charge in [-0.2, -0.15) is 13.2 Å². The summed E-state index contributed by atoms with van der Waals surface area (Å²) >= 11 is 0.941. The fourth-order valence-electron chi connectivity index (χ4n) is 2.21. The molecule has 1 aromatic carbocycles. The fourth-order valence-corrected chi connectivity index (χ4v) is 2.95. The molecular weight excluding hydrogens is 385 g/mol. The first-order valence-electron chi connectivity index (χ1n) is 7.94. The highest BCUT2D eigenvalue weighted by Crippen LogP contribution is 2.35. The number of aromatic nitrogens is 1. The Morgan fingerprint density at radius 3 is 2.85 bits per heavy atom. The maximum Gasteiger partial charge on any atom is 0.434 e. The predicted octanol–water partition coefficient (Wildman–Crippen LogP) is 2.63. The topological polar surface area (TPSA) is 77.0 Å². The number of nitrogens with zero attached hydrogens (tertiary/aromatic N) is 2. The van der Waals surface area contributed by atoms with Crippen LogP contribution in [-0.4, -0.2) is 37.9 Å². The maximum absolute atomic E-state index is 12.5. The van der Waals surface area contributed by atoms with Crippen molar-refractivity contribution in [3.63, 3.8) is 0 Å². The second-order valence-corrected chi connectivity index (χ2v) is 6.28. The molecule has 1 aliphatic heterocycles. The van der Waals surface area contributed by atoms with Gasteiger partial charge in [-0.05, 0) is 12.1 Å². The smallest absolute Gasteiger partial charge is 0.434 e. The number of alkyl halides is 3. The molecule has 1 aliphatic rings. The number of rotatable bonds is 6. The van der Waals surface area contributed by atoms with Crippen LogP contribution in [0.2, 0.25) is 0 Å². The van der Waals surface area contributed by atoms with Gasteiger partial charge in [0.15, 0.2) is 23.2 Å². The third kappa shape index (κ3) is 5.16. The first-order chi connectivity index (χ1) is 13.0. The van der Waals surface area contributed by atoms with Crippen molar-refractivity contribution < 1.29 is 27.4 Å². The van der Waals surface area contributed by atoms with Gasteiger partial charge in [0.2, 0.25) is 6.79 Å². The van der Waals surface area contributed by atoms with Gasteiger partial charge in [-0.1, -0.05) is 0 Å². The highest BCUT2D eigenvalue weighted by molar-refractivity contribution is 7.09. The molecule has 0 amide bonds. The van der Waals surface area contributed by atoms with Crippen molar-refractivity contribution in [2.24, 2.45) is 4.99 Å². The minimum absolute atomic E-state index is 0.142. The molecule has 0 bridgehead atoms. The monoisotopic (exact) mass is 402 g/mol. The van der Waals surface area contributed by atoms with Gasteiger partial charge in [-0.3, -0.25) is 4.99 Å². The Kier molecular flexibility index (Phi) is 5.89. The molecule has 2 N–H and O–H groups in total. The molecule has 146 valence electrons. The largest absolute Gasteiger partial charge is 0.492 e. The molecule has 0 unspecified atom stereocenters. The van der Waals surface area contributed by atoms with E-state index in [1.807, 2.05) is 0 Å². The Labute approximate surface area is 157 Å². The van der Waals surface area contributed by atoms with Crippen LogP contribution in [0.25, 0.3) is 0 Å². The van der Waals surface area contributed by atoms with E-state index < -0.39 is 11.9 Å². The van der Waals surface area contributed by atoms with Crippen molar-refractivity contribution in [2.45, 2.75) is 12.7 Å². The minimum Gasteiger partial charge on any atom is -0.492 e. The third-order valence-electron chi connectivity index (χ3n) is 3.48. The summed E-state index contributed by atoms with van der Waals surface area (Å²) in [6, 6.07) is 5.30. The molecule has 0 radical (unpaired) electrons. The van der Waals surface area contributed by atoms with Crippen molar-refractivity contribution in [3.05, 3.63) is 34.3 Å². The number of guanidine groups is 1. The first kappa shape index (κ1) is 19.1. The Hall–Kier alpha value is -2.69. The van der Waals surface area contributed by atoms with E-state index in [2.05, 4.69) is 20.6 Å². The van der Waals surface area contributed by atoms with Crippen LogP contribution in [0.1, 0.15) is 10.7 Å². The van der Waals surface area contributed by atoms with E-state index in [0.717, 1.165) is 16.7 Å². The van der Waals surface area contributed by atoms with E-state index in [0.29, 0.717) is 41.4 Å². The van der Waals surface area contributed by atoms with Crippen LogP contribution in [0.15, 0.2) is 28.6 Å². The summed E-state index contributed by atoms with van der Waals surface area (Å²) in [6.07, 6.45) is -4.43. The number of hydrogen-bond donors (Lipinski definition) is 2. The molecule has 7 nitrogen and oxygen atoms in total. The van der Waals surface area contributed by atoms with Gasteiger partial charge in [-0.25, -0.2) is 4.98 Å². The summed E-state index contributed by atoms with van der Waals surface area (Å²) in [5.41, 5.74) is -0.885. The van der Waals surface area contributed by atoms with Gasteiger partial charge < -0.3 is 24.8 Å². The molecule has 1 aromatic heterocycles. The van der Waals surface area contributed by atoms with Crippen LogP contribution in [0.3, 0.4) is 0 Å². The van der Waals surface area contributed by atoms with Crippen LogP contribution >= 0.6 is 11.3 Å². The molecule has 0 fully saturated rings. The molecule has 2 aromatic rings. The quantitative estimate of drug-likeness (QED) is 0.440. The van der Waals surface area contributed by atoms with Crippen LogP contribution in [-0.2, 0) is 12.7 Å². The lowest BCUT2D eigenvalue weighted by Gasteiger charge is -2.12. The number of ether oxygens (including phenoxy) is 3. The van der Waals surface area contributed by atoms with Crippen molar-refractivity contribution in [1.29, 1.82) is 0 Å². The van der Waals surface area contributed by atoms with Crippen molar-refractivity contribution in [2.75, 3.05) is 27.0 Å². The summed E-state index contributed by atoms with van der Waals surface area (Å²) in [5.74, 6) is 2.40. The Balaban J connectivity index is 1.40. The van der Waals surface area contributed by atoms with E-state index in [-0.39, 0.29) is 13.3 Å². The van der Waals surface area contributed by atoms with Gasteiger partial charge in [0.25, 0.3) is 0 Å².